The van der Waals surface area contributed by atoms with Crippen LogP contribution in [0.1, 0.15) is 34.0 Å². The van der Waals surface area contributed by atoms with E-state index in [-0.39, 0.29) is 5.78 Å². The maximum Gasteiger partial charge on any atom is 0.193 e. The number of carbonyl (C=O) groups excluding carboxylic acids is 1. The molecule has 0 saturated heterocycles. The molecule has 2 nitrogen and oxygen atoms in total. The highest BCUT2D eigenvalue weighted by Crippen LogP contribution is 2.19. The van der Waals surface area contributed by atoms with Crippen LogP contribution < -0.4 is 5.73 Å². The summed E-state index contributed by atoms with van der Waals surface area (Å²) >= 11 is 0. The van der Waals surface area contributed by atoms with E-state index < -0.39 is 0 Å². The summed E-state index contributed by atoms with van der Waals surface area (Å²) in [6.45, 7) is 3.97. The standard InChI is InChI=1S/C16H17NO/c1-3-12-6-4-5-7-15(12)16(18)14-9-8-13(17)10-11(14)2/h4-10H,3,17H2,1-2H3. The molecule has 2 N–H and O–H groups in total. The van der Waals surface area contributed by atoms with Crippen LogP contribution in [0.2, 0.25) is 0 Å². The molecule has 0 amide bonds. The first kappa shape index (κ1) is 12.4. The topological polar surface area (TPSA) is 43.1 Å². The Morgan fingerprint density at radius 2 is 1.83 bits per heavy atom. The molecule has 0 aliphatic rings. The fourth-order valence-corrected chi connectivity index (χ4v) is 2.14. The van der Waals surface area contributed by atoms with E-state index >= 15 is 0 Å². The maximum absolute atomic E-state index is 12.5. The molecule has 0 radical (unpaired) electrons. The lowest BCUT2D eigenvalue weighted by Gasteiger charge is -2.09. The monoisotopic (exact) mass is 239 g/mol. The summed E-state index contributed by atoms with van der Waals surface area (Å²) in [7, 11) is 0. The first-order chi connectivity index (χ1) is 8.63. The first-order valence-electron chi connectivity index (χ1n) is 6.12. The molecule has 0 atom stereocenters. The SMILES string of the molecule is CCc1ccccc1C(=O)c1ccc(N)cc1C. The van der Waals surface area contributed by atoms with Crippen molar-refractivity contribution >= 4 is 11.5 Å². The second kappa shape index (κ2) is 5.05. The number of ketones is 1. The zero-order chi connectivity index (χ0) is 13.1. The van der Waals surface area contributed by atoms with Gasteiger partial charge in [-0.05, 0) is 42.7 Å². The van der Waals surface area contributed by atoms with Gasteiger partial charge in [0.15, 0.2) is 5.78 Å². The van der Waals surface area contributed by atoms with Crippen molar-refractivity contribution in [2.24, 2.45) is 0 Å². The van der Waals surface area contributed by atoms with E-state index in [4.69, 9.17) is 5.73 Å². The minimum absolute atomic E-state index is 0.0740. The van der Waals surface area contributed by atoms with Crippen LogP contribution in [-0.2, 0) is 6.42 Å². The second-order valence-electron chi connectivity index (χ2n) is 4.41. The van der Waals surface area contributed by atoms with Gasteiger partial charge in [0.1, 0.15) is 0 Å². The van der Waals surface area contributed by atoms with Gasteiger partial charge >= 0.3 is 0 Å². The molecule has 0 aliphatic heterocycles. The number of rotatable bonds is 3. The van der Waals surface area contributed by atoms with Gasteiger partial charge in [0.05, 0.1) is 0 Å². The highest BCUT2D eigenvalue weighted by atomic mass is 16.1. The highest BCUT2D eigenvalue weighted by molar-refractivity contribution is 6.10. The summed E-state index contributed by atoms with van der Waals surface area (Å²) < 4.78 is 0. The normalized spacial score (nSPS) is 10.3. The zero-order valence-corrected chi connectivity index (χ0v) is 10.7. The van der Waals surface area contributed by atoms with Gasteiger partial charge in [-0.2, -0.15) is 0 Å². The molecule has 0 bridgehead atoms. The largest absolute Gasteiger partial charge is 0.399 e. The number of nitrogens with two attached hydrogens (primary N) is 1. The minimum atomic E-state index is 0.0740. The Kier molecular flexibility index (Phi) is 3.47. The molecule has 0 aromatic heterocycles. The number of nitrogen functional groups attached to an aromatic ring is 1. The van der Waals surface area contributed by atoms with Gasteiger partial charge in [0, 0.05) is 16.8 Å². The number of hydrogen-bond donors (Lipinski definition) is 1. The molecule has 2 rings (SSSR count). The highest BCUT2D eigenvalue weighted by Gasteiger charge is 2.14. The van der Waals surface area contributed by atoms with Crippen molar-refractivity contribution < 1.29 is 4.79 Å². The number of carbonyl (C=O) groups is 1. The molecule has 2 aromatic carbocycles. The Labute approximate surface area is 107 Å². The molecule has 0 spiro atoms. The predicted octanol–water partition coefficient (Wildman–Crippen LogP) is 3.37. The van der Waals surface area contributed by atoms with Crippen LogP contribution in [0.3, 0.4) is 0 Å². The molecular weight excluding hydrogens is 222 g/mol. The van der Waals surface area contributed by atoms with E-state index in [1.54, 1.807) is 12.1 Å². The Morgan fingerprint density at radius 3 is 2.50 bits per heavy atom. The van der Waals surface area contributed by atoms with E-state index in [1.165, 1.54) is 0 Å². The average molecular weight is 239 g/mol. The van der Waals surface area contributed by atoms with Gasteiger partial charge in [-0.1, -0.05) is 31.2 Å². The molecule has 0 fully saturated rings. The summed E-state index contributed by atoms with van der Waals surface area (Å²) in [6.07, 6.45) is 0.857. The van der Waals surface area contributed by atoms with Crippen molar-refractivity contribution in [2.75, 3.05) is 5.73 Å². The van der Waals surface area contributed by atoms with E-state index in [0.29, 0.717) is 5.69 Å². The predicted molar refractivity (Wildman–Crippen MR) is 74.8 cm³/mol. The number of hydrogen-bond acceptors (Lipinski definition) is 2. The van der Waals surface area contributed by atoms with Crippen LogP contribution in [0.4, 0.5) is 5.69 Å². The lowest BCUT2D eigenvalue weighted by Crippen LogP contribution is -2.07. The fourth-order valence-electron chi connectivity index (χ4n) is 2.14. The molecule has 2 aromatic rings. The molecule has 0 aliphatic carbocycles. The lowest BCUT2D eigenvalue weighted by atomic mass is 9.94. The van der Waals surface area contributed by atoms with E-state index in [0.717, 1.165) is 28.7 Å². The third kappa shape index (κ3) is 2.28. The quantitative estimate of drug-likeness (QED) is 0.659. The van der Waals surface area contributed by atoms with Crippen molar-refractivity contribution in [1.29, 1.82) is 0 Å². The number of aryl methyl sites for hydroxylation is 2. The number of benzene rings is 2. The molecule has 0 heterocycles. The Balaban J connectivity index is 2.48. The maximum atomic E-state index is 12.5. The summed E-state index contributed by atoms with van der Waals surface area (Å²) in [4.78, 5) is 12.5. The summed E-state index contributed by atoms with van der Waals surface area (Å²) in [5, 5.41) is 0. The van der Waals surface area contributed by atoms with Crippen LogP contribution >= 0.6 is 0 Å². The van der Waals surface area contributed by atoms with Gasteiger partial charge in [-0.25, -0.2) is 0 Å². The van der Waals surface area contributed by atoms with E-state index in [2.05, 4.69) is 6.92 Å². The smallest absolute Gasteiger partial charge is 0.193 e. The summed E-state index contributed by atoms with van der Waals surface area (Å²) in [6, 6.07) is 13.2. The van der Waals surface area contributed by atoms with Crippen LogP contribution in [0, 0.1) is 6.92 Å². The zero-order valence-electron chi connectivity index (χ0n) is 10.7. The Hall–Kier alpha value is -2.09. The number of anilines is 1. The third-order valence-electron chi connectivity index (χ3n) is 3.14. The third-order valence-corrected chi connectivity index (χ3v) is 3.14. The summed E-state index contributed by atoms with van der Waals surface area (Å²) in [5.74, 6) is 0.0740. The lowest BCUT2D eigenvalue weighted by molar-refractivity contribution is 0.103. The van der Waals surface area contributed by atoms with Crippen LogP contribution in [0.5, 0.6) is 0 Å². The van der Waals surface area contributed by atoms with Crippen molar-refractivity contribution in [1.82, 2.24) is 0 Å². The molecular formula is C16H17NO. The second-order valence-corrected chi connectivity index (χ2v) is 4.41. The molecule has 2 heteroatoms. The van der Waals surface area contributed by atoms with Crippen molar-refractivity contribution in [3.63, 3.8) is 0 Å². The van der Waals surface area contributed by atoms with Gasteiger partial charge in [0.25, 0.3) is 0 Å². The van der Waals surface area contributed by atoms with Crippen LogP contribution in [0.15, 0.2) is 42.5 Å². The first-order valence-corrected chi connectivity index (χ1v) is 6.12. The van der Waals surface area contributed by atoms with Crippen molar-refractivity contribution in [3.8, 4) is 0 Å². The summed E-state index contributed by atoms with van der Waals surface area (Å²) in [5.41, 5.74) is 9.92. The van der Waals surface area contributed by atoms with Gasteiger partial charge in [-0.3, -0.25) is 4.79 Å². The van der Waals surface area contributed by atoms with Gasteiger partial charge < -0.3 is 5.73 Å². The Morgan fingerprint density at radius 1 is 1.11 bits per heavy atom. The van der Waals surface area contributed by atoms with E-state index in [9.17, 15) is 4.79 Å². The molecule has 0 saturated carbocycles. The molecule has 0 unspecified atom stereocenters. The van der Waals surface area contributed by atoms with E-state index in [1.807, 2.05) is 37.3 Å². The van der Waals surface area contributed by atoms with Crippen molar-refractivity contribution in [2.45, 2.75) is 20.3 Å². The average Bonchev–Trinajstić information content (AvgIpc) is 2.38. The van der Waals surface area contributed by atoms with Crippen LogP contribution in [-0.4, -0.2) is 5.78 Å². The van der Waals surface area contributed by atoms with Gasteiger partial charge in [0.2, 0.25) is 0 Å². The van der Waals surface area contributed by atoms with Gasteiger partial charge in [-0.15, -0.1) is 0 Å². The molecule has 18 heavy (non-hydrogen) atoms. The molecule has 92 valence electrons. The van der Waals surface area contributed by atoms with Crippen LogP contribution in [0.25, 0.3) is 0 Å². The van der Waals surface area contributed by atoms with Crippen molar-refractivity contribution in [3.05, 3.63) is 64.7 Å². The fraction of sp³-hybridized carbons (Fsp3) is 0.188. The Bertz CT molecular complexity index is 587. The minimum Gasteiger partial charge on any atom is -0.399 e.